The summed E-state index contributed by atoms with van der Waals surface area (Å²) in [7, 11) is 0. The first-order valence-corrected chi connectivity index (χ1v) is 5.94. The molecule has 1 aromatic rings. The van der Waals surface area contributed by atoms with Gasteiger partial charge in [0.15, 0.2) is 0 Å². The average molecular weight is 235 g/mol. The number of aryl methyl sites for hydroxylation is 1. The molecule has 0 aromatic heterocycles. The molecule has 94 valence electrons. The maximum atomic E-state index is 10.9. The molecule has 0 aliphatic heterocycles. The van der Waals surface area contributed by atoms with E-state index < -0.39 is 11.5 Å². The molecule has 1 atom stereocenters. The van der Waals surface area contributed by atoms with E-state index in [2.05, 4.69) is 26.0 Å². The largest absolute Gasteiger partial charge is 0.480 e. The van der Waals surface area contributed by atoms with E-state index in [9.17, 15) is 4.79 Å². The van der Waals surface area contributed by atoms with Gasteiger partial charge in [-0.15, -0.1) is 0 Å². The van der Waals surface area contributed by atoms with Gasteiger partial charge in [0, 0.05) is 0 Å². The first-order chi connectivity index (χ1) is 7.83. The Labute approximate surface area is 103 Å². The third kappa shape index (κ3) is 3.86. The van der Waals surface area contributed by atoms with Crippen molar-refractivity contribution in [2.45, 2.75) is 45.1 Å². The molecule has 0 aliphatic carbocycles. The van der Waals surface area contributed by atoms with Crippen LogP contribution in [0, 0.1) is 0 Å². The average Bonchev–Trinajstić information content (AvgIpc) is 2.27. The maximum absolute atomic E-state index is 10.9. The van der Waals surface area contributed by atoms with Gasteiger partial charge >= 0.3 is 5.97 Å². The number of hydrogen-bond donors (Lipinski definition) is 2. The predicted molar refractivity (Wildman–Crippen MR) is 69.1 cm³/mol. The minimum absolute atomic E-state index is 0.448. The van der Waals surface area contributed by atoms with Crippen molar-refractivity contribution in [2.24, 2.45) is 5.73 Å². The topological polar surface area (TPSA) is 63.3 Å². The van der Waals surface area contributed by atoms with Crippen molar-refractivity contribution in [2.75, 3.05) is 0 Å². The molecule has 1 rings (SSSR count). The number of benzene rings is 1. The summed E-state index contributed by atoms with van der Waals surface area (Å²) < 4.78 is 0. The van der Waals surface area contributed by atoms with E-state index in [4.69, 9.17) is 10.8 Å². The second-order valence-corrected chi connectivity index (χ2v) is 5.12. The molecule has 3 N–H and O–H groups in total. The standard InChI is InChI=1S/C14H21NO2/c1-10(2)12-6-4-11(5-7-12)8-9-14(3,15)13(16)17/h4-7,10H,8-9,15H2,1-3H3,(H,16,17). The molecule has 0 aliphatic rings. The van der Waals surface area contributed by atoms with E-state index in [-0.39, 0.29) is 0 Å². The number of carboxylic acid groups (broad SMARTS) is 1. The lowest BCUT2D eigenvalue weighted by Crippen LogP contribution is -2.45. The predicted octanol–water partition coefficient (Wildman–Crippen LogP) is 2.54. The van der Waals surface area contributed by atoms with E-state index in [1.54, 1.807) is 6.92 Å². The molecule has 0 saturated heterocycles. The van der Waals surface area contributed by atoms with Gasteiger partial charge in [0.05, 0.1) is 0 Å². The first-order valence-electron chi connectivity index (χ1n) is 5.94. The fourth-order valence-corrected chi connectivity index (χ4v) is 1.58. The van der Waals surface area contributed by atoms with Crippen LogP contribution >= 0.6 is 0 Å². The van der Waals surface area contributed by atoms with Gasteiger partial charge in [-0.25, -0.2) is 0 Å². The van der Waals surface area contributed by atoms with Crippen molar-refractivity contribution in [3.63, 3.8) is 0 Å². The Balaban J connectivity index is 2.62. The van der Waals surface area contributed by atoms with Gasteiger partial charge in [-0.3, -0.25) is 4.79 Å². The van der Waals surface area contributed by atoms with E-state index in [1.807, 2.05) is 12.1 Å². The minimum Gasteiger partial charge on any atom is -0.480 e. The van der Waals surface area contributed by atoms with Gasteiger partial charge in [-0.2, -0.15) is 0 Å². The number of hydrogen-bond acceptors (Lipinski definition) is 2. The van der Waals surface area contributed by atoms with Crippen LogP contribution in [0.3, 0.4) is 0 Å². The third-order valence-electron chi connectivity index (χ3n) is 3.07. The van der Waals surface area contributed by atoms with Gasteiger partial charge in [-0.1, -0.05) is 38.1 Å². The van der Waals surface area contributed by atoms with Crippen LogP contribution in [-0.4, -0.2) is 16.6 Å². The lowest BCUT2D eigenvalue weighted by atomic mass is 9.93. The molecular formula is C14H21NO2. The Morgan fingerprint density at radius 3 is 2.29 bits per heavy atom. The molecule has 3 heteroatoms. The van der Waals surface area contributed by atoms with Crippen molar-refractivity contribution in [3.8, 4) is 0 Å². The van der Waals surface area contributed by atoms with Crippen molar-refractivity contribution >= 4 is 5.97 Å². The van der Waals surface area contributed by atoms with E-state index >= 15 is 0 Å². The van der Waals surface area contributed by atoms with Crippen molar-refractivity contribution in [1.82, 2.24) is 0 Å². The number of rotatable bonds is 5. The molecule has 0 radical (unpaired) electrons. The second-order valence-electron chi connectivity index (χ2n) is 5.12. The van der Waals surface area contributed by atoms with Gasteiger partial charge in [0.1, 0.15) is 5.54 Å². The molecule has 0 amide bonds. The van der Waals surface area contributed by atoms with Crippen LogP contribution in [0.5, 0.6) is 0 Å². The summed E-state index contributed by atoms with van der Waals surface area (Å²) in [4.78, 5) is 10.9. The van der Waals surface area contributed by atoms with Gasteiger partial charge in [0.2, 0.25) is 0 Å². The quantitative estimate of drug-likeness (QED) is 0.824. The number of aliphatic carboxylic acids is 1. The highest BCUT2D eigenvalue weighted by molar-refractivity contribution is 5.77. The SMILES string of the molecule is CC(C)c1ccc(CCC(C)(N)C(=O)O)cc1. The molecule has 1 unspecified atom stereocenters. The smallest absolute Gasteiger partial charge is 0.323 e. The first kappa shape index (κ1) is 13.7. The number of carbonyl (C=O) groups is 1. The molecule has 0 bridgehead atoms. The highest BCUT2D eigenvalue weighted by atomic mass is 16.4. The van der Waals surface area contributed by atoms with Crippen LogP contribution in [0.1, 0.15) is 44.2 Å². The van der Waals surface area contributed by atoms with E-state index in [1.165, 1.54) is 5.56 Å². The summed E-state index contributed by atoms with van der Waals surface area (Å²) in [5.41, 5.74) is 6.97. The van der Waals surface area contributed by atoms with Crippen molar-refractivity contribution in [3.05, 3.63) is 35.4 Å². The molecule has 1 aromatic carbocycles. The number of nitrogens with two attached hydrogens (primary N) is 1. The van der Waals surface area contributed by atoms with Gasteiger partial charge < -0.3 is 10.8 Å². The molecule has 3 nitrogen and oxygen atoms in total. The normalized spacial score (nSPS) is 14.6. The molecule has 17 heavy (non-hydrogen) atoms. The van der Waals surface area contributed by atoms with Gasteiger partial charge in [0.25, 0.3) is 0 Å². The van der Waals surface area contributed by atoms with Crippen LogP contribution in [0.15, 0.2) is 24.3 Å². The zero-order chi connectivity index (χ0) is 13.1. The fourth-order valence-electron chi connectivity index (χ4n) is 1.58. The molecule has 0 spiro atoms. The lowest BCUT2D eigenvalue weighted by molar-refractivity contribution is -0.142. The van der Waals surface area contributed by atoms with Gasteiger partial charge in [-0.05, 0) is 36.8 Å². The van der Waals surface area contributed by atoms with Crippen LogP contribution in [0.4, 0.5) is 0 Å². The zero-order valence-electron chi connectivity index (χ0n) is 10.7. The summed E-state index contributed by atoms with van der Waals surface area (Å²) >= 11 is 0. The summed E-state index contributed by atoms with van der Waals surface area (Å²) in [6, 6.07) is 8.28. The lowest BCUT2D eigenvalue weighted by Gasteiger charge is -2.18. The summed E-state index contributed by atoms with van der Waals surface area (Å²) in [6.45, 7) is 5.85. The number of carboxylic acids is 1. The Kier molecular flexibility index (Phi) is 4.29. The minimum atomic E-state index is -1.14. The zero-order valence-corrected chi connectivity index (χ0v) is 10.7. The molecule has 0 fully saturated rings. The summed E-state index contributed by atoms with van der Waals surface area (Å²) in [5, 5.41) is 8.91. The molecular weight excluding hydrogens is 214 g/mol. The Bertz CT molecular complexity index is 380. The van der Waals surface area contributed by atoms with E-state index in [0.717, 1.165) is 5.56 Å². The van der Waals surface area contributed by atoms with E-state index in [0.29, 0.717) is 18.8 Å². The monoisotopic (exact) mass is 235 g/mol. The van der Waals surface area contributed by atoms with Crippen molar-refractivity contribution < 1.29 is 9.90 Å². The maximum Gasteiger partial charge on any atom is 0.323 e. The van der Waals surface area contributed by atoms with Crippen LogP contribution < -0.4 is 5.73 Å². The Hall–Kier alpha value is -1.35. The molecule has 0 heterocycles. The Morgan fingerprint density at radius 2 is 1.88 bits per heavy atom. The van der Waals surface area contributed by atoms with Crippen LogP contribution in [-0.2, 0) is 11.2 Å². The van der Waals surface area contributed by atoms with Crippen molar-refractivity contribution in [1.29, 1.82) is 0 Å². The second kappa shape index (κ2) is 5.32. The third-order valence-corrected chi connectivity index (χ3v) is 3.07. The molecule has 0 saturated carbocycles. The summed E-state index contributed by atoms with van der Waals surface area (Å²) in [6.07, 6.45) is 1.14. The fraction of sp³-hybridized carbons (Fsp3) is 0.500. The highest BCUT2D eigenvalue weighted by Crippen LogP contribution is 2.17. The Morgan fingerprint density at radius 1 is 1.35 bits per heavy atom. The highest BCUT2D eigenvalue weighted by Gasteiger charge is 2.27. The summed E-state index contributed by atoms with van der Waals surface area (Å²) in [5.74, 6) is -0.431. The van der Waals surface area contributed by atoms with Crippen LogP contribution in [0.25, 0.3) is 0 Å². The van der Waals surface area contributed by atoms with Crippen LogP contribution in [0.2, 0.25) is 0 Å².